The molecule has 0 bridgehead atoms. The van der Waals surface area contributed by atoms with E-state index in [0.717, 1.165) is 8.95 Å². The predicted octanol–water partition coefficient (Wildman–Crippen LogP) is 2.83. The number of hydrogen-bond donors (Lipinski definition) is 2. The first-order chi connectivity index (χ1) is 10.4. The summed E-state index contributed by atoms with van der Waals surface area (Å²) in [5.74, 6) is 0.477. The van der Waals surface area contributed by atoms with Crippen molar-refractivity contribution in [1.29, 1.82) is 0 Å². The van der Waals surface area contributed by atoms with Crippen LogP contribution in [-0.2, 0) is 6.61 Å². The summed E-state index contributed by atoms with van der Waals surface area (Å²) in [6.07, 6.45) is 0. The number of rotatable bonds is 4. The number of aryl methyl sites for hydroxylation is 1. The summed E-state index contributed by atoms with van der Waals surface area (Å²) in [5, 5.41) is 2.57. The SMILES string of the molecule is CNC(=O)c1c(C)nc(N)nc1COc1ccc(Br)cc1Br. The molecule has 2 rings (SSSR count). The molecule has 0 radical (unpaired) electrons. The van der Waals surface area contributed by atoms with E-state index in [-0.39, 0.29) is 18.5 Å². The van der Waals surface area contributed by atoms with Gasteiger partial charge in [0.05, 0.1) is 21.4 Å². The van der Waals surface area contributed by atoms with E-state index in [9.17, 15) is 4.79 Å². The van der Waals surface area contributed by atoms with Gasteiger partial charge in [0.25, 0.3) is 5.91 Å². The van der Waals surface area contributed by atoms with Crippen LogP contribution in [0, 0.1) is 6.92 Å². The molecule has 6 nitrogen and oxygen atoms in total. The van der Waals surface area contributed by atoms with E-state index in [1.54, 1.807) is 14.0 Å². The fourth-order valence-electron chi connectivity index (χ4n) is 1.92. The quantitative estimate of drug-likeness (QED) is 0.779. The lowest BCUT2D eigenvalue weighted by atomic mass is 10.1. The van der Waals surface area contributed by atoms with Gasteiger partial charge in [0.1, 0.15) is 12.4 Å². The zero-order valence-corrected chi connectivity index (χ0v) is 15.2. The van der Waals surface area contributed by atoms with Crippen LogP contribution in [0.15, 0.2) is 27.1 Å². The second-order valence-electron chi connectivity index (χ2n) is 4.43. The largest absolute Gasteiger partial charge is 0.486 e. The third-order valence-electron chi connectivity index (χ3n) is 2.89. The number of halogens is 2. The number of nitrogens with zero attached hydrogens (tertiary/aromatic N) is 2. The number of ether oxygens (including phenoxy) is 1. The van der Waals surface area contributed by atoms with Gasteiger partial charge in [-0.3, -0.25) is 4.79 Å². The molecule has 0 unspecified atom stereocenters. The Morgan fingerprint density at radius 1 is 1.36 bits per heavy atom. The van der Waals surface area contributed by atoms with E-state index >= 15 is 0 Å². The number of amides is 1. The molecular formula is C14H14Br2N4O2. The molecule has 1 aromatic carbocycles. The Morgan fingerprint density at radius 2 is 2.09 bits per heavy atom. The Bertz CT molecular complexity index is 722. The highest BCUT2D eigenvalue weighted by Gasteiger charge is 2.18. The second-order valence-corrected chi connectivity index (χ2v) is 6.20. The molecule has 0 aliphatic rings. The van der Waals surface area contributed by atoms with Gasteiger partial charge in [-0.2, -0.15) is 0 Å². The number of anilines is 1. The van der Waals surface area contributed by atoms with E-state index in [2.05, 4.69) is 47.1 Å². The summed E-state index contributed by atoms with van der Waals surface area (Å²) in [4.78, 5) is 20.1. The van der Waals surface area contributed by atoms with Gasteiger partial charge in [-0.15, -0.1) is 0 Å². The third-order valence-corrected chi connectivity index (χ3v) is 4.01. The standard InChI is InChI=1S/C14H14Br2N4O2/c1-7-12(13(21)18-2)10(20-14(17)19-7)6-22-11-4-3-8(15)5-9(11)16/h3-5H,6H2,1-2H3,(H,18,21)(H2,17,19,20). The van der Waals surface area contributed by atoms with Gasteiger partial charge in [-0.05, 0) is 41.1 Å². The van der Waals surface area contributed by atoms with Crippen LogP contribution in [0.25, 0.3) is 0 Å². The molecule has 22 heavy (non-hydrogen) atoms. The van der Waals surface area contributed by atoms with E-state index in [1.165, 1.54) is 0 Å². The maximum atomic E-state index is 12.0. The minimum atomic E-state index is -0.272. The van der Waals surface area contributed by atoms with Crippen molar-refractivity contribution in [2.45, 2.75) is 13.5 Å². The first kappa shape index (κ1) is 16.7. The first-order valence-electron chi connectivity index (χ1n) is 6.35. The van der Waals surface area contributed by atoms with Crippen molar-refractivity contribution < 1.29 is 9.53 Å². The van der Waals surface area contributed by atoms with Crippen molar-refractivity contribution in [2.75, 3.05) is 12.8 Å². The highest BCUT2D eigenvalue weighted by Crippen LogP contribution is 2.29. The van der Waals surface area contributed by atoms with Crippen molar-refractivity contribution in [3.63, 3.8) is 0 Å². The zero-order valence-electron chi connectivity index (χ0n) is 12.0. The molecule has 1 aromatic heterocycles. The second kappa shape index (κ2) is 7.06. The van der Waals surface area contributed by atoms with Gasteiger partial charge < -0.3 is 15.8 Å². The number of aromatic nitrogens is 2. The van der Waals surface area contributed by atoms with Crippen molar-refractivity contribution in [2.24, 2.45) is 0 Å². The molecule has 8 heteroatoms. The average molecular weight is 430 g/mol. The summed E-state index contributed by atoms with van der Waals surface area (Å²) in [6.45, 7) is 1.82. The molecule has 0 spiro atoms. The lowest BCUT2D eigenvalue weighted by molar-refractivity contribution is 0.0959. The van der Waals surface area contributed by atoms with Crippen molar-refractivity contribution in [3.8, 4) is 5.75 Å². The summed E-state index contributed by atoms with van der Waals surface area (Å²) in [7, 11) is 1.55. The smallest absolute Gasteiger partial charge is 0.254 e. The maximum Gasteiger partial charge on any atom is 0.254 e. The molecule has 1 amide bonds. The van der Waals surface area contributed by atoms with Crippen LogP contribution in [0.3, 0.4) is 0 Å². The molecule has 0 aliphatic carbocycles. The van der Waals surface area contributed by atoms with Gasteiger partial charge in [0, 0.05) is 11.5 Å². The zero-order chi connectivity index (χ0) is 16.3. The summed E-state index contributed by atoms with van der Waals surface area (Å²) >= 11 is 6.79. The number of carbonyl (C=O) groups is 1. The molecule has 116 valence electrons. The Labute approximate surface area is 144 Å². The lowest BCUT2D eigenvalue weighted by Crippen LogP contribution is -2.23. The molecular weight excluding hydrogens is 416 g/mol. The van der Waals surface area contributed by atoms with Crippen LogP contribution in [0.5, 0.6) is 5.75 Å². The number of benzene rings is 1. The van der Waals surface area contributed by atoms with Crippen LogP contribution in [0.2, 0.25) is 0 Å². The van der Waals surface area contributed by atoms with E-state index in [0.29, 0.717) is 22.7 Å². The molecule has 0 saturated heterocycles. The molecule has 0 fully saturated rings. The Morgan fingerprint density at radius 3 is 2.73 bits per heavy atom. The Balaban J connectivity index is 2.30. The fourth-order valence-corrected chi connectivity index (χ4v) is 3.08. The van der Waals surface area contributed by atoms with E-state index in [4.69, 9.17) is 10.5 Å². The molecule has 1 heterocycles. The molecule has 0 atom stereocenters. The van der Waals surface area contributed by atoms with Gasteiger partial charge in [-0.1, -0.05) is 15.9 Å². The minimum absolute atomic E-state index is 0.108. The van der Waals surface area contributed by atoms with Gasteiger partial charge in [0.15, 0.2) is 0 Å². The first-order valence-corrected chi connectivity index (χ1v) is 7.94. The van der Waals surface area contributed by atoms with Crippen molar-refractivity contribution in [1.82, 2.24) is 15.3 Å². The van der Waals surface area contributed by atoms with Crippen molar-refractivity contribution >= 4 is 43.7 Å². The van der Waals surface area contributed by atoms with E-state index < -0.39 is 0 Å². The summed E-state index contributed by atoms with van der Waals surface area (Å²) in [5.41, 5.74) is 7.00. The Kier molecular flexibility index (Phi) is 5.36. The average Bonchev–Trinajstić information content (AvgIpc) is 2.45. The number of nitrogens with two attached hydrogens (primary N) is 1. The monoisotopic (exact) mass is 428 g/mol. The van der Waals surface area contributed by atoms with Gasteiger partial charge >= 0.3 is 0 Å². The van der Waals surface area contributed by atoms with Crippen LogP contribution in [0.4, 0.5) is 5.95 Å². The highest BCUT2D eigenvalue weighted by atomic mass is 79.9. The fraction of sp³-hybridized carbons (Fsp3) is 0.214. The summed E-state index contributed by atoms with van der Waals surface area (Å²) in [6, 6.07) is 5.54. The topological polar surface area (TPSA) is 90.1 Å². The molecule has 0 saturated carbocycles. The summed E-state index contributed by atoms with van der Waals surface area (Å²) < 4.78 is 7.45. The van der Waals surface area contributed by atoms with Crippen LogP contribution in [-0.4, -0.2) is 22.9 Å². The van der Waals surface area contributed by atoms with Crippen LogP contribution in [0.1, 0.15) is 21.7 Å². The third kappa shape index (κ3) is 3.75. The van der Waals surface area contributed by atoms with E-state index in [1.807, 2.05) is 18.2 Å². The Hall–Kier alpha value is -1.67. The number of nitrogen functional groups attached to an aromatic ring is 1. The van der Waals surface area contributed by atoms with Gasteiger partial charge in [-0.25, -0.2) is 9.97 Å². The highest BCUT2D eigenvalue weighted by molar-refractivity contribution is 9.11. The maximum absolute atomic E-state index is 12.0. The lowest BCUT2D eigenvalue weighted by Gasteiger charge is -2.13. The van der Waals surface area contributed by atoms with Gasteiger partial charge in [0.2, 0.25) is 5.95 Å². The number of hydrogen-bond acceptors (Lipinski definition) is 5. The molecule has 3 N–H and O–H groups in total. The van der Waals surface area contributed by atoms with Crippen LogP contribution >= 0.6 is 31.9 Å². The molecule has 2 aromatic rings. The predicted molar refractivity (Wildman–Crippen MR) is 90.7 cm³/mol. The number of carbonyl (C=O) groups excluding carboxylic acids is 1. The number of nitrogens with one attached hydrogen (secondary N) is 1. The van der Waals surface area contributed by atoms with Crippen LogP contribution < -0.4 is 15.8 Å². The van der Waals surface area contributed by atoms with Crippen molar-refractivity contribution in [3.05, 3.63) is 44.1 Å². The molecule has 0 aliphatic heterocycles. The minimum Gasteiger partial charge on any atom is -0.486 e. The normalized spacial score (nSPS) is 10.4.